The highest BCUT2D eigenvalue weighted by molar-refractivity contribution is 5.74. The van der Waals surface area contributed by atoms with Gasteiger partial charge < -0.3 is 15.1 Å². The van der Waals surface area contributed by atoms with Crippen LogP contribution < -0.4 is 5.32 Å². The third kappa shape index (κ3) is 5.37. The van der Waals surface area contributed by atoms with Crippen molar-refractivity contribution in [2.45, 2.75) is 70.8 Å². The number of carbonyl (C=O) groups is 1. The van der Waals surface area contributed by atoms with Crippen molar-refractivity contribution in [1.29, 1.82) is 0 Å². The van der Waals surface area contributed by atoms with Gasteiger partial charge in [0.15, 0.2) is 0 Å². The van der Waals surface area contributed by atoms with Crippen molar-refractivity contribution in [2.75, 3.05) is 32.7 Å². The van der Waals surface area contributed by atoms with Crippen LogP contribution in [0.4, 0.5) is 4.79 Å². The second-order valence-electron chi connectivity index (χ2n) is 8.17. The van der Waals surface area contributed by atoms with E-state index >= 15 is 0 Å². The highest BCUT2D eigenvalue weighted by Gasteiger charge is 2.34. The van der Waals surface area contributed by atoms with Gasteiger partial charge >= 0.3 is 6.03 Å². The molecule has 3 rings (SSSR count). The van der Waals surface area contributed by atoms with Gasteiger partial charge in [-0.05, 0) is 56.9 Å². The molecule has 132 valence electrons. The van der Waals surface area contributed by atoms with Crippen molar-refractivity contribution < 1.29 is 4.79 Å². The SMILES string of the molecule is CC1CCCN(CCNC(=O)N(CC2CCCCC2)C2CC2)C1. The first-order chi connectivity index (χ1) is 11.2. The average molecular weight is 322 g/mol. The molecule has 1 saturated heterocycles. The zero-order chi connectivity index (χ0) is 16.1. The van der Waals surface area contributed by atoms with E-state index in [4.69, 9.17) is 0 Å². The lowest BCUT2D eigenvalue weighted by molar-refractivity contribution is 0.165. The van der Waals surface area contributed by atoms with Crippen LogP contribution in [0.25, 0.3) is 0 Å². The molecule has 1 N–H and O–H groups in total. The summed E-state index contributed by atoms with van der Waals surface area (Å²) in [4.78, 5) is 17.3. The van der Waals surface area contributed by atoms with Gasteiger partial charge in [0.1, 0.15) is 0 Å². The lowest BCUT2D eigenvalue weighted by Gasteiger charge is -2.32. The van der Waals surface area contributed by atoms with Crippen LogP contribution in [0.3, 0.4) is 0 Å². The van der Waals surface area contributed by atoms with Gasteiger partial charge in [0, 0.05) is 32.2 Å². The van der Waals surface area contributed by atoms with E-state index in [0.717, 1.165) is 31.5 Å². The summed E-state index contributed by atoms with van der Waals surface area (Å²) in [5.41, 5.74) is 0. The van der Waals surface area contributed by atoms with Gasteiger partial charge in [-0.2, -0.15) is 0 Å². The summed E-state index contributed by atoms with van der Waals surface area (Å²) in [6.45, 7) is 7.55. The van der Waals surface area contributed by atoms with Crippen LogP contribution in [0.15, 0.2) is 0 Å². The van der Waals surface area contributed by atoms with Crippen molar-refractivity contribution in [3.63, 3.8) is 0 Å². The highest BCUT2D eigenvalue weighted by atomic mass is 16.2. The maximum absolute atomic E-state index is 12.6. The highest BCUT2D eigenvalue weighted by Crippen LogP contribution is 2.31. The predicted octanol–water partition coefficient (Wildman–Crippen LogP) is 3.47. The van der Waals surface area contributed by atoms with Crippen molar-refractivity contribution in [2.24, 2.45) is 11.8 Å². The third-order valence-electron chi connectivity index (χ3n) is 5.87. The van der Waals surface area contributed by atoms with Crippen LogP contribution in [0.1, 0.15) is 64.7 Å². The van der Waals surface area contributed by atoms with E-state index in [1.54, 1.807) is 0 Å². The molecule has 2 saturated carbocycles. The Morgan fingerprint density at radius 2 is 1.87 bits per heavy atom. The second kappa shape index (κ2) is 8.36. The van der Waals surface area contributed by atoms with Crippen LogP contribution in [-0.4, -0.2) is 54.6 Å². The van der Waals surface area contributed by atoms with E-state index in [9.17, 15) is 4.79 Å². The minimum Gasteiger partial charge on any atom is -0.337 e. The molecular formula is C19H35N3O. The first-order valence-electron chi connectivity index (χ1n) is 9.99. The Kier molecular flexibility index (Phi) is 6.21. The Morgan fingerprint density at radius 3 is 2.57 bits per heavy atom. The number of nitrogens with zero attached hydrogens (tertiary/aromatic N) is 2. The maximum atomic E-state index is 12.6. The molecule has 2 aliphatic carbocycles. The Balaban J connectivity index is 1.39. The van der Waals surface area contributed by atoms with Gasteiger partial charge in [0.2, 0.25) is 0 Å². The molecule has 23 heavy (non-hydrogen) atoms. The van der Waals surface area contributed by atoms with Crippen LogP contribution in [0.2, 0.25) is 0 Å². The first-order valence-corrected chi connectivity index (χ1v) is 9.99. The van der Waals surface area contributed by atoms with Crippen LogP contribution in [-0.2, 0) is 0 Å². The Hall–Kier alpha value is -0.770. The van der Waals surface area contributed by atoms with Gasteiger partial charge in [-0.15, -0.1) is 0 Å². The molecule has 3 aliphatic rings. The molecule has 1 heterocycles. The fourth-order valence-electron chi connectivity index (χ4n) is 4.34. The molecular weight excluding hydrogens is 286 g/mol. The number of nitrogens with one attached hydrogen (secondary N) is 1. The number of likely N-dealkylation sites (tertiary alicyclic amines) is 1. The number of piperidine rings is 1. The summed E-state index contributed by atoms with van der Waals surface area (Å²) < 4.78 is 0. The number of amides is 2. The van der Waals surface area contributed by atoms with Crippen LogP contribution in [0.5, 0.6) is 0 Å². The number of hydrogen-bond donors (Lipinski definition) is 1. The van der Waals surface area contributed by atoms with Gasteiger partial charge in [-0.1, -0.05) is 26.2 Å². The molecule has 3 fully saturated rings. The molecule has 0 spiro atoms. The molecule has 4 heteroatoms. The minimum absolute atomic E-state index is 0.197. The van der Waals surface area contributed by atoms with Gasteiger partial charge in [-0.25, -0.2) is 4.79 Å². The molecule has 1 aliphatic heterocycles. The van der Waals surface area contributed by atoms with Crippen molar-refractivity contribution >= 4 is 6.03 Å². The van der Waals surface area contributed by atoms with E-state index in [-0.39, 0.29) is 6.03 Å². The summed E-state index contributed by atoms with van der Waals surface area (Å²) >= 11 is 0. The normalized spacial score (nSPS) is 26.9. The number of urea groups is 1. The molecule has 0 aromatic rings. The largest absolute Gasteiger partial charge is 0.337 e. The van der Waals surface area contributed by atoms with E-state index in [1.165, 1.54) is 70.9 Å². The monoisotopic (exact) mass is 321 g/mol. The number of carbonyl (C=O) groups excluding carboxylic acids is 1. The Morgan fingerprint density at radius 1 is 1.09 bits per heavy atom. The molecule has 2 amide bonds. The zero-order valence-electron chi connectivity index (χ0n) is 14.9. The van der Waals surface area contributed by atoms with E-state index in [2.05, 4.69) is 22.0 Å². The van der Waals surface area contributed by atoms with Crippen molar-refractivity contribution in [3.05, 3.63) is 0 Å². The number of hydrogen-bond acceptors (Lipinski definition) is 2. The maximum Gasteiger partial charge on any atom is 0.317 e. The first kappa shape index (κ1) is 17.1. The summed E-state index contributed by atoms with van der Waals surface area (Å²) in [6.07, 6.45) is 11.8. The molecule has 4 nitrogen and oxygen atoms in total. The fourth-order valence-corrected chi connectivity index (χ4v) is 4.34. The summed E-state index contributed by atoms with van der Waals surface area (Å²) in [6, 6.07) is 0.732. The van der Waals surface area contributed by atoms with Gasteiger partial charge in [0.05, 0.1) is 0 Å². The zero-order valence-corrected chi connectivity index (χ0v) is 14.9. The second-order valence-corrected chi connectivity index (χ2v) is 8.17. The Labute approximate surface area is 142 Å². The molecule has 1 unspecified atom stereocenters. The van der Waals surface area contributed by atoms with Crippen molar-refractivity contribution in [1.82, 2.24) is 15.1 Å². The van der Waals surface area contributed by atoms with Crippen LogP contribution >= 0.6 is 0 Å². The van der Waals surface area contributed by atoms with E-state index in [1.807, 2.05) is 0 Å². The van der Waals surface area contributed by atoms with Crippen molar-refractivity contribution in [3.8, 4) is 0 Å². The third-order valence-corrected chi connectivity index (χ3v) is 5.87. The van der Waals surface area contributed by atoms with E-state index < -0.39 is 0 Å². The molecule has 0 aromatic heterocycles. The number of rotatable bonds is 6. The standard InChI is InChI=1S/C19H35N3O/c1-16-6-5-12-21(14-16)13-11-20-19(23)22(18-9-10-18)15-17-7-3-2-4-8-17/h16-18H,2-15H2,1H3,(H,20,23). The minimum atomic E-state index is 0.197. The summed E-state index contributed by atoms with van der Waals surface area (Å²) in [7, 11) is 0. The summed E-state index contributed by atoms with van der Waals surface area (Å²) in [5.74, 6) is 1.56. The van der Waals surface area contributed by atoms with Crippen LogP contribution in [0, 0.1) is 11.8 Å². The van der Waals surface area contributed by atoms with Gasteiger partial charge in [-0.3, -0.25) is 0 Å². The van der Waals surface area contributed by atoms with Gasteiger partial charge in [0.25, 0.3) is 0 Å². The molecule has 0 bridgehead atoms. The predicted molar refractivity (Wildman–Crippen MR) is 94.5 cm³/mol. The smallest absolute Gasteiger partial charge is 0.317 e. The molecule has 0 radical (unpaired) electrons. The molecule has 0 aromatic carbocycles. The lowest BCUT2D eigenvalue weighted by atomic mass is 9.89. The van der Waals surface area contributed by atoms with E-state index in [0.29, 0.717) is 6.04 Å². The topological polar surface area (TPSA) is 35.6 Å². The quantitative estimate of drug-likeness (QED) is 0.813. The lowest BCUT2D eigenvalue weighted by Crippen LogP contribution is -2.47. The summed E-state index contributed by atoms with van der Waals surface area (Å²) in [5, 5.41) is 3.20. The fraction of sp³-hybridized carbons (Fsp3) is 0.947. The molecule has 1 atom stereocenters. The average Bonchev–Trinajstić information content (AvgIpc) is 3.38. The Bertz CT molecular complexity index is 377.